The number of nitrogens with zero attached hydrogens (tertiary/aromatic N) is 2. The number of nitrogens with one attached hydrogen (secondary N) is 1. The zero-order chi connectivity index (χ0) is 13.7. The lowest BCUT2D eigenvalue weighted by atomic mass is 9.99. The lowest BCUT2D eigenvalue weighted by Gasteiger charge is -2.31. The monoisotopic (exact) mass is 263 g/mol. The van der Waals surface area contributed by atoms with Crippen LogP contribution in [0.25, 0.3) is 0 Å². The Balaban J connectivity index is 1.86. The molecule has 0 bridgehead atoms. The van der Waals surface area contributed by atoms with Crippen molar-refractivity contribution in [3.05, 3.63) is 29.6 Å². The molecular weight excluding hydrogens is 242 g/mol. The van der Waals surface area contributed by atoms with Gasteiger partial charge in [-0.05, 0) is 37.3 Å². The summed E-state index contributed by atoms with van der Waals surface area (Å²) in [7, 11) is 0. The van der Waals surface area contributed by atoms with Crippen LogP contribution in [0.4, 0.5) is 4.79 Å². The van der Waals surface area contributed by atoms with Crippen LogP contribution in [0.1, 0.15) is 24.1 Å². The SMILES string of the molecule is Cc1cccnc1CNC(=O)N1CCCC(CO)C1. The number of aliphatic hydroxyl groups excluding tert-OH is 1. The molecule has 2 amide bonds. The van der Waals surface area contributed by atoms with E-state index >= 15 is 0 Å². The molecule has 2 N–H and O–H groups in total. The van der Waals surface area contributed by atoms with Crippen LogP contribution in [-0.2, 0) is 6.54 Å². The molecule has 0 radical (unpaired) electrons. The van der Waals surface area contributed by atoms with Gasteiger partial charge in [0.1, 0.15) is 0 Å². The fourth-order valence-corrected chi connectivity index (χ4v) is 2.37. The van der Waals surface area contributed by atoms with E-state index in [1.54, 1.807) is 11.1 Å². The Morgan fingerprint density at radius 1 is 1.63 bits per heavy atom. The van der Waals surface area contributed by atoms with Crippen LogP contribution in [0.15, 0.2) is 18.3 Å². The molecule has 1 aromatic rings. The van der Waals surface area contributed by atoms with Crippen LogP contribution in [-0.4, -0.2) is 40.7 Å². The average Bonchev–Trinajstić information content (AvgIpc) is 2.46. The Bertz CT molecular complexity index is 436. The number of piperidine rings is 1. The number of likely N-dealkylation sites (tertiary alicyclic amines) is 1. The third-order valence-electron chi connectivity index (χ3n) is 3.59. The molecular formula is C14H21N3O2. The molecule has 5 heteroatoms. The van der Waals surface area contributed by atoms with E-state index in [0.717, 1.165) is 30.6 Å². The van der Waals surface area contributed by atoms with Crippen molar-refractivity contribution in [2.75, 3.05) is 19.7 Å². The molecule has 2 heterocycles. The quantitative estimate of drug-likeness (QED) is 0.864. The summed E-state index contributed by atoms with van der Waals surface area (Å²) in [5.74, 6) is 0.219. The first-order valence-corrected chi connectivity index (χ1v) is 6.75. The van der Waals surface area contributed by atoms with E-state index < -0.39 is 0 Å². The first-order valence-electron chi connectivity index (χ1n) is 6.75. The van der Waals surface area contributed by atoms with E-state index in [0.29, 0.717) is 13.1 Å². The molecule has 0 spiro atoms. The van der Waals surface area contributed by atoms with Gasteiger partial charge in [-0.25, -0.2) is 4.79 Å². The summed E-state index contributed by atoms with van der Waals surface area (Å²) < 4.78 is 0. The van der Waals surface area contributed by atoms with Crippen molar-refractivity contribution < 1.29 is 9.90 Å². The average molecular weight is 263 g/mol. The third kappa shape index (κ3) is 3.67. The van der Waals surface area contributed by atoms with Gasteiger partial charge in [-0.2, -0.15) is 0 Å². The summed E-state index contributed by atoms with van der Waals surface area (Å²) in [6.07, 6.45) is 3.69. The van der Waals surface area contributed by atoms with Gasteiger partial charge in [0.05, 0.1) is 12.2 Å². The summed E-state index contributed by atoms with van der Waals surface area (Å²) in [4.78, 5) is 18.1. The lowest BCUT2D eigenvalue weighted by molar-refractivity contribution is 0.129. The van der Waals surface area contributed by atoms with Crippen molar-refractivity contribution in [1.29, 1.82) is 0 Å². The second-order valence-corrected chi connectivity index (χ2v) is 5.06. The van der Waals surface area contributed by atoms with E-state index in [9.17, 15) is 4.79 Å². The van der Waals surface area contributed by atoms with Crippen molar-refractivity contribution in [2.24, 2.45) is 5.92 Å². The molecule has 1 atom stereocenters. The first kappa shape index (κ1) is 13.8. The number of amides is 2. The highest BCUT2D eigenvalue weighted by Gasteiger charge is 2.22. The molecule has 19 heavy (non-hydrogen) atoms. The number of aromatic nitrogens is 1. The molecule has 1 fully saturated rings. The highest BCUT2D eigenvalue weighted by atomic mass is 16.3. The number of carbonyl (C=O) groups is 1. The predicted octanol–water partition coefficient (Wildman–Crippen LogP) is 1.30. The fraction of sp³-hybridized carbons (Fsp3) is 0.571. The number of aryl methyl sites for hydroxylation is 1. The lowest BCUT2D eigenvalue weighted by Crippen LogP contribution is -2.46. The number of hydrogen-bond acceptors (Lipinski definition) is 3. The second-order valence-electron chi connectivity index (χ2n) is 5.06. The number of aliphatic hydroxyl groups is 1. The highest BCUT2D eigenvalue weighted by Crippen LogP contribution is 2.15. The van der Waals surface area contributed by atoms with E-state index in [4.69, 9.17) is 5.11 Å². The van der Waals surface area contributed by atoms with Crippen molar-refractivity contribution in [2.45, 2.75) is 26.3 Å². The van der Waals surface area contributed by atoms with Gasteiger partial charge in [0, 0.05) is 25.9 Å². The second kappa shape index (κ2) is 6.52. The standard InChI is InChI=1S/C14H21N3O2/c1-11-4-2-6-15-13(11)8-16-14(19)17-7-3-5-12(9-17)10-18/h2,4,6,12,18H,3,5,7-10H2,1H3,(H,16,19). The van der Waals surface area contributed by atoms with Crippen LogP contribution in [0.5, 0.6) is 0 Å². The van der Waals surface area contributed by atoms with Crippen molar-refractivity contribution >= 4 is 6.03 Å². The van der Waals surface area contributed by atoms with Gasteiger partial charge in [-0.3, -0.25) is 4.98 Å². The number of urea groups is 1. The zero-order valence-corrected chi connectivity index (χ0v) is 11.3. The maximum Gasteiger partial charge on any atom is 0.317 e. The van der Waals surface area contributed by atoms with Gasteiger partial charge in [0.2, 0.25) is 0 Å². The van der Waals surface area contributed by atoms with Gasteiger partial charge in [0.15, 0.2) is 0 Å². The first-order chi connectivity index (χ1) is 9.20. The molecule has 1 aromatic heterocycles. The van der Waals surface area contributed by atoms with Crippen LogP contribution >= 0.6 is 0 Å². The van der Waals surface area contributed by atoms with Gasteiger partial charge < -0.3 is 15.3 Å². The fourth-order valence-electron chi connectivity index (χ4n) is 2.37. The largest absolute Gasteiger partial charge is 0.396 e. The Morgan fingerprint density at radius 3 is 3.21 bits per heavy atom. The summed E-state index contributed by atoms with van der Waals surface area (Å²) in [5.41, 5.74) is 1.97. The Kier molecular flexibility index (Phi) is 4.74. The van der Waals surface area contributed by atoms with Crippen LogP contribution < -0.4 is 5.32 Å². The Morgan fingerprint density at radius 2 is 2.47 bits per heavy atom. The number of pyridine rings is 1. The normalized spacial score (nSPS) is 19.3. The van der Waals surface area contributed by atoms with E-state index in [1.807, 2.05) is 19.1 Å². The van der Waals surface area contributed by atoms with Gasteiger partial charge in [-0.1, -0.05) is 6.07 Å². The van der Waals surface area contributed by atoms with Gasteiger partial charge in [-0.15, -0.1) is 0 Å². The van der Waals surface area contributed by atoms with Gasteiger partial charge in [0.25, 0.3) is 0 Å². The van der Waals surface area contributed by atoms with E-state index in [1.165, 1.54) is 0 Å². The van der Waals surface area contributed by atoms with Crippen LogP contribution in [0, 0.1) is 12.8 Å². The maximum atomic E-state index is 12.0. The van der Waals surface area contributed by atoms with Crippen molar-refractivity contribution in [3.63, 3.8) is 0 Å². The molecule has 1 aliphatic rings. The number of hydrogen-bond donors (Lipinski definition) is 2. The third-order valence-corrected chi connectivity index (χ3v) is 3.59. The summed E-state index contributed by atoms with van der Waals surface area (Å²) >= 11 is 0. The van der Waals surface area contributed by atoms with E-state index in [-0.39, 0.29) is 18.6 Å². The molecule has 0 aromatic carbocycles. The molecule has 1 aliphatic heterocycles. The summed E-state index contributed by atoms with van der Waals surface area (Å²) in [5, 5.41) is 12.1. The summed E-state index contributed by atoms with van der Waals surface area (Å²) in [6, 6.07) is 3.80. The van der Waals surface area contributed by atoms with Crippen LogP contribution in [0.2, 0.25) is 0 Å². The molecule has 1 saturated heterocycles. The number of carbonyl (C=O) groups excluding carboxylic acids is 1. The minimum Gasteiger partial charge on any atom is -0.396 e. The van der Waals surface area contributed by atoms with Crippen molar-refractivity contribution in [3.8, 4) is 0 Å². The zero-order valence-electron chi connectivity index (χ0n) is 11.3. The predicted molar refractivity (Wildman–Crippen MR) is 72.6 cm³/mol. The molecule has 1 unspecified atom stereocenters. The Labute approximate surface area is 113 Å². The number of rotatable bonds is 3. The highest BCUT2D eigenvalue weighted by molar-refractivity contribution is 5.74. The van der Waals surface area contributed by atoms with Gasteiger partial charge >= 0.3 is 6.03 Å². The molecule has 0 aliphatic carbocycles. The van der Waals surface area contributed by atoms with Crippen molar-refractivity contribution in [1.82, 2.24) is 15.2 Å². The minimum atomic E-state index is -0.0665. The molecule has 2 rings (SSSR count). The summed E-state index contributed by atoms with van der Waals surface area (Å²) in [6.45, 7) is 4.00. The maximum absolute atomic E-state index is 12.0. The smallest absolute Gasteiger partial charge is 0.317 e. The van der Waals surface area contributed by atoms with E-state index in [2.05, 4.69) is 10.3 Å². The minimum absolute atomic E-state index is 0.0665. The molecule has 0 saturated carbocycles. The van der Waals surface area contributed by atoms with Crippen LogP contribution in [0.3, 0.4) is 0 Å². The molecule has 5 nitrogen and oxygen atoms in total. The topological polar surface area (TPSA) is 65.5 Å². The molecule has 104 valence electrons. The Hall–Kier alpha value is -1.62.